The highest BCUT2D eigenvalue weighted by Gasteiger charge is 2.33. The van der Waals surface area contributed by atoms with Crippen LogP contribution in [-0.4, -0.2) is 63.7 Å². The lowest BCUT2D eigenvalue weighted by molar-refractivity contribution is -0.139. The fraction of sp³-hybridized carbons (Fsp3) is 0.370. The highest BCUT2D eigenvalue weighted by molar-refractivity contribution is 7.11. The molecule has 0 saturated carbocycles. The molecule has 2 amide bonds. The second-order valence-corrected chi connectivity index (χ2v) is 10.8. The van der Waals surface area contributed by atoms with Gasteiger partial charge in [-0.15, -0.1) is 11.3 Å². The van der Waals surface area contributed by atoms with Gasteiger partial charge in [-0.05, 0) is 42.3 Å². The quantitative estimate of drug-likeness (QED) is 0.535. The van der Waals surface area contributed by atoms with Crippen LogP contribution in [0.5, 0.6) is 0 Å². The molecule has 37 heavy (non-hydrogen) atoms. The molecular formula is C27H29F2N5O2S. The molecule has 3 heterocycles. The van der Waals surface area contributed by atoms with Crippen molar-refractivity contribution in [1.29, 1.82) is 0 Å². The van der Waals surface area contributed by atoms with E-state index in [1.807, 2.05) is 6.92 Å². The molecule has 3 aromatic rings. The third-order valence-corrected chi connectivity index (χ3v) is 7.99. The van der Waals surface area contributed by atoms with Crippen molar-refractivity contribution in [2.45, 2.75) is 38.5 Å². The molecule has 2 aliphatic rings. The lowest BCUT2D eigenvalue weighted by Gasteiger charge is -2.40. The van der Waals surface area contributed by atoms with Gasteiger partial charge >= 0.3 is 0 Å². The lowest BCUT2D eigenvalue weighted by atomic mass is 9.96. The summed E-state index contributed by atoms with van der Waals surface area (Å²) in [5.74, 6) is -1.02. The third kappa shape index (κ3) is 5.56. The van der Waals surface area contributed by atoms with Crippen molar-refractivity contribution in [2.75, 3.05) is 26.2 Å². The number of fused-ring (bicyclic) bond motifs is 1. The number of nitrogens with two attached hydrogens (primary N) is 1. The molecule has 0 radical (unpaired) electrons. The zero-order valence-electron chi connectivity index (χ0n) is 20.6. The van der Waals surface area contributed by atoms with Crippen molar-refractivity contribution in [3.05, 3.63) is 86.9 Å². The maximum absolute atomic E-state index is 13.6. The Kier molecular flexibility index (Phi) is 7.32. The van der Waals surface area contributed by atoms with Crippen molar-refractivity contribution < 1.29 is 18.4 Å². The first-order valence-electron chi connectivity index (χ1n) is 12.3. The Morgan fingerprint density at radius 2 is 1.49 bits per heavy atom. The van der Waals surface area contributed by atoms with Crippen molar-refractivity contribution in [3.8, 4) is 0 Å². The summed E-state index contributed by atoms with van der Waals surface area (Å²) in [5.41, 5.74) is 8.87. The molecule has 2 aromatic carbocycles. The zero-order chi connectivity index (χ0) is 26.1. The number of halogens is 2. The number of carbonyl (C=O) groups excluding carboxylic acids is 2. The van der Waals surface area contributed by atoms with E-state index in [9.17, 15) is 18.4 Å². The molecule has 0 aliphatic carbocycles. The summed E-state index contributed by atoms with van der Waals surface area (Å²) in [5, 5.41) is 0.983. The Labute approximate surface area is 218 Å². The van der Waals surface area contributed by atoms with Gasteiger partial charge in [-0.2, -0.15) is 0 Å². The van der Waals surface area contributed by atoms with Gasteiger partial charge in [-0.3, -0.25) is 14.5 Å². The number of hydrogen-bond acceptors (Lipinski definition) is 6. The van der Waals surface area contributed by atoms with E-state index in [0.29, 0.717) is 39.3 Å². The average Bonchev–Trinajstić information content (AvgIpc) is 3.44. The Bertz CT molecular complexity index is 1200. The predicted molar refractivity (Wildman–Crippen MR) is 136 cm³/mol. The molecule has 1 fully saturated rings. The number of aryl methyl sites for hydroxylation is 1. The molecule has 10 heteroatoms. The number of aromatic nitrogens is 1. The fourth-order valence-electron chi connectivity index (χ4n) is 5.10. The van der Waals surface area contributed by atoms with Gasteiger partial charge in [0, 0.05) is 31.1 Å². The topological polar surface area (TPSA) is 82.8 Å². The van der Waals surface area contributed by atoms with Crippen LogP contribution in [0.25, 0.3) is 0 Å². The standard InChI is InChI=1S/C27H29F2N5O2S/c1-17-31-23-15-34(16-24(23)37-17)27(36)22(30)14-25(35)32-10-12-33(13-11-32)26(18-2-6-20(28)7-3-18)19-4-8-21(29)9-5-19/h2-9,22,26H,10-16,30H2,1H3/t22-/m0/s1. The van der Waals surface area contributed by atoms with E-state index < -0.39 is 6.04 Å². The van der Waals surface area contributed by atoms with Crippen LogP contribution in [0.15, 0.2) is 48.5 Å². The SMILES string of the molecule is Cc1nc2c(s1)CN(C(=O)[C@@H](N)CC(=O)N1CCN(C(c3ccc(F)cc3)c3ccc(F)cc3)CC1)C2. The monoisotopic (exact) mass is 525 g/mol. The van der Waals surface area contributed by atoms with E-state index in [-0.39, 0.29) is 35.9 Å². The lowest BCUT2D eigenvalue weighted by Crippen LogP contribution is -2.52. The van der Waals surface area contributed by atoms with Gasteiger partial charge < -0.3 is 15.5 Å². The van der Waals surface area contributed by atoms with Gasteiger partial charge in [0.25, 0.3) is 0 Å². The predicted octanol–water partition coefficient (Wildman–Crippen LogP) is 3.22. The summed E-state index contributed by atoms with van der Waals surface area (Å²) in [6.45, 7) is 4.98. The molecule has 1 saturated heterocycles. The van der Waals surface area contributed by atoms with Crippen molar-refractivity contribution in [1.82, 2.24) is 19.7 Å². The average molecular weight is 526 g/mol. The first-order chi connectivity index (χ1) is 17.8. The number of hydrogen-bond donors (Lipinski definition) is 1. The third-order valence-electron chi connectivity index (χ3n) is 6.99. The van der Waals surface area contributed by atoms with E-state index in [1.165, 1.54) is 24.3 Å². The van der Waals surface area contributed by atoms with Gasteiger partial charge in [0.05, 0.1) is 42.3 Å². The van der Waals surface area contributed by atoms with E-state index in [0.717, 1.165) is 26.7 Å². The first-order valence-corrected chi connectivity index (χ1v) is 13.1. The highest BCUT2D eigenvalue weighted by atomic mass is 32.1. The summed E-state index contributed by atoms with van der Waals surface area (Å²) < 4.78 is 27.1. The Morgan fingerprint density at radius 1 is 0.919 bits per heavy atom. The molecule has 2 N–H and O–H groups in total. The molecule has 0 unspecified atom stereocenters. The summed E-state index contributed by atoms with van der Waals surface area (Å²) in [6, 6.07) is 11.5. The minimum Gasteiger partial charge on any atom is -0.340 e. The molecule has 7 nitrogen and oxygen atoms in total. The summed E-state index contributed by atoms with van der Waals surface area (Å²) in [7, 11) is 0. The fourth-order valence-corrected chi connectivity index (χ4v) is 6.06. The molecule has 1 atom stereocenters. The molecule has 2 aliphatic heterocycles. The van der Waals surface area contributed by atoms with E-state index in [1.54, 1.807) is 45.4 Å². The van der Waals surface area contributed by atoms with Crippen molar-refractivity contribution >= 4 is 23.2 Å². The Balaban J connectivity index is 1.19. The second-order valence-electron chi connectivity index (χ2n) is 9.53. The molecule has 0 bridgehead atoms. The smallest absolute Gasteiger partial charge is 0.240 e. The van der Waals surface area contributed by atoms with Crippen LogP contribution in [0, 0.1) is 18.6 Å². The van der Waals surface area contributed by atoms with Crippen LogP contribution in [0.1, 0.15) is 39.2 Å². The van der Waals surface area contributed by atoms with Gasteiger partial charge in [-0.1, -0.05) is 24.3 Å². The van der Waals surface area contributed by atoms with Crippen LogP contribution in [0.4, 0.5) is 8.78 Å². The van der Waals surface area contributed by atoms with E-state index in [2.05, 4.69) is 9.88 Å². The molecule has 0 spiro atoms. The molecule has 1 aromatic heterocycles. The van der Waals surface area contributed by atoms with Crippen LogP contribution in [0.3, 0.4) is 0 Å². The van der Waals surface area contributed by atoms with Gasteiger partial charge in [-0.25, -0.2) is 13.8 Å². The van der Waals surface area contributed by atoms with E-state index >= 15 is 0 Å². The number of rotatable bonds is 6. The largest absolute Gasteiger partial charge is 0.340 e. The van der Waals surface area contributed by atoms with Gasteiger partial charge in [0.2, 0.25) is 11.8 Å². The summed E-state index contributed by atoms with van der Waals surface area (Å²) >= 11 is 1.58. The van der Waals surface area contributed by atoms with Crippen LogP contribution < -0.4 is 5.73 Å². The number of thiazole rings is 1. The molecule has 5 rings (SSSR count). The first kappa shape index (κ1) is 25.4. The number of piperazine rings is 1. The number of nitrogens with zero attached hydrogens (tertiary/aromatic N) is 4. The minimum atomic E-state index is -0.896. The minimum absolute atomic E-state index is 0.0468. The number of benzene rings is 2. The van der Waals surface area contributed by atoms with Gasteiger partial charge in [0.1, 0.15) is 11.6 Å². The highest BCUT2D eigenvalue weighted by Crippen LogP contribution is 2.31. The Morgan fingerprint density at radius 3 is 2.03 bits per heavy atom. The van der Waals surface area contributed by atoms with Crippen LogP contribution in [0.2, 0.25) is 0 Å². The number of carbonyl (C=O) groups is 2. The maximum atomic E-state index is 13.6. The van der Waals surface area contributed by atoms with Gasteiger partial charge in [0.15, 0.2) is 0 Å². The number of amides is 2. The second kappa shape index (κ2) is 10.6. The summed E-state index contributed by atoms with van der Waals surface area (Å²) in [6.07, 6.45) is -0.0468. The molecule has 194 valence electrons. The maximum Gasteiger partial charge on any atom is 0.240 e. The van der Waals surface area contributed by atoms with Crippen molar-refractivity contribution in [3.63, 3.8) is 0 Å². The summed E-state index contributed by atoms with van der Waals surface area (Å²) in [4.78, 5) is 37.0. The zero-order valence-corrected chi connectivity index (χ0v) is 21.4. The van der Waals surface area contributed by atoms with Crippen LogP contribution >= 0.6 is 11.3 Å². The van der Waals surface area contributed by atoms with Crippen molar-refractivity contribution in [2.24, 2.45) is 5.73 Å². The van der Waals surface area contributed by atoms with E-state index in [4.69, 9.17) is 5.73 Å². The normalized spacial score (nSPS) is 16.8. The van der Waals surface area contributed by atoms with Crippen LogP contribution in [-0.2, 0) is 22.7 Å². The molecular weight excluding hydrogens is 496 g/mol. The Hall–Kier alpha value is -3.21.